The summed E-state index contributed by atoms with van der Waals surface area (Å²) < 4.78 is 10.7. The van der Waals surface area contributed by atoms with Gasteiger partial charge in [0.1, 0.15) is 0 Å². The number of rotatable bonds is 7. The molecule has 0 spiro atoms. The van der Waals surface area contributed by atoms with E-state index >= 15 is 0 Å². The van der Waals surface area contributed by atoms with Crippen molar-refractivity contribution in [1.29, 1.82) is 0 Å². The van der Waals surface area contributed by atoms with Crippen LogP contribution in [0, 0.1) is 10.1 Å². The summed E-state index contributed by atoms with van der Waals surface area (Å²) in [7, 11) is 3.30. The summed E-state index contributed by atoms with van der Waals surface area (Å²) in [6.45, 7) is 1.04. The van der Waals surface area contributed by atoms with Crippen molar-refractivity contribution in [2.24, 2.45) is 0 Å². The Hall–Kier alpha value is -1.66. The Morgan fingerprint density at radius 1 is 1.40 bits per heavy atom. The molecule has 1 aliphatic rings. The van der Waals surface area contributed by atoms with E-state index in [9.17, 15) is 10.1 Å². The number of nitro groups is 1. The monoisotopic (exact) mass is 280 g/mol. The molecule has 20 heavy (non-hydrogen) atoms. The topological polar surface area (TPSA) is 73.6 Å². The molecule has 110 valence electrons. The zero-order valence-electron chi connectivity index (χ0n) is 11.8. The SMILES string of the molecule is COCc1cc([N+](=O)[O-])ccc1NCC1(OC)CCC1. The van der Waals surface area contributed by atoms with Crippen LogP contribution in [0.15, 0.2) is 18.2 Å². The number of non-ortho nitro benzene ring substituents is 1. The van der Waals surface area contributed by atoms with E-state index in [2.05, 4.69) is 5.32 Å². The van der Waals surface area contributed by atoms with Gasteiger partial charge in [0, 0.05) is 44.1 Å². The van der Waals surface area contributed by atoms with Crippen molar-refractivity contribution in [3.63, 3.8) is 0 Å². The van der Waals surface area contributed by atoms with Crippen molar-refractivity contribution in [2.45, 2.75) is 31.5 Å². The second-order valence-corrected chi connectivity index (χ2v) is 5.13. The van der Waals surface area contributed by atoms with Crippen LogP contribution in [0.3, 0.4) is 0 Å². The van der Waals surface area contributed by atoms with Crippen LogP contribution in [0.4, 0.5) is 11.4 Å². The summed E-state index contributed by atoms with van der Waals surface area (Å²) >= 11 is 0. The van der Waals surface area contributed by atoms with Gasteiger partial charge in [-0.2, -0.15) is 0 Å². The average Bonchev–Trinajstić information content (AvgIpc) is 2.39. The molecule has 0 bridgehead atoms. The minimum atomic E-state index is -0.397. The molecule has 0 atom stereocenters. The molecule has 0 radical (unpaired) electrons. The number of nitrogens with zero attached hydrogens (tertiary/aromatic N) is 1. The van der Waals surface area contributed by atoms with Crippen molar-refractivity contribution in [3.8, 4) is 0 Å². The molecule has 1 saturated carbocycles. The normalized spacial score (nSPS) is 16.5. The first-order valence-electron chi connectivity index (χ1n) is 6.65. The lowest BCUT2D eigenvalue weighted by atomic mass is 9.80. The first-order chi connectivity index (χ1) is 9.60. The smallest absolute Gasteiger partial charge is 0.269 e. The summed E-state index contributed by atoms with van der Waals surface area (Å²) in [5.41, 5.74) is 1.63. The van der Waals surface area contributed by atoms with E-state index in [1.54, 1.807) is 26.4 Å². The van der Waals surface area contributed by atoms with Crippen molar-refractivity contribution in [1.82, 2.24) is 0 Å². The third-order valence-corrected chi connectivity index (χ3v) is 3.90. The molecule has 0 aliphatic heterocycles. The Morgan fingerprint density at radius 3 is 2.65 bits per heavy atom. The van der Waals surface area contributed by atoms with Gasteiger partial charge in [0.05, 0.1) is 17.1 Å². The molecule has 1 aliphatic carbocycles. The number of methoxy groups -OCH3 is 2. The van der Waals surface area contributed by atoms with Gasteiger partial charge in [-0.25, -0.2) is 0 Å². The van der Waals surface area contributed by atoms with E-state index in [0.717, 1.165) is 24.1 Å². The van der Waals surface area contributed by atoms with Crippen LogP contribution in [-0.2, 0) is 16.1 Å². The Kier molecular flexibility index (Phi) is 4.57. The number of hydrogen-bond donors (Lipinski definition) is 1. The molecular weight excluding hydrogens is 260 g/mol. The van der Waals surface area contributed by atoms with Gasteiger partial charge in [0.25, 0.3) is 5.69 Å². The van der Waals surface area contributed by atoms with Gasteiger partial charge >= 0.3 is 0 Å². The van der Waals surface area contributed by atoms with E-state index < -0.39 is 4.92 Å². The fourth-order valence-electron chi connectivity index (χ4n) is 2.42. The lowest BCUT2D eigenvalue weighted by Gasteiger charge is -2.40. The summed E-state index contributed by atoms with van der Waals surface area (Å²) in [5.74, 6) is 0. The van der Waals surface area contributed by atoms with Gasteiger partial charge in [-0.3, -0.25) is 10.1 Å². The first kappa shape index (κ1) is 14.7. The zero-order chi connectivity index (χ0) is 14.6. The molecule has 0 aromatic heterocycles. The highest BCUT2D eigenvalue weighted by Crippen LogP contribution is 2.35. The fraction of sp³-hybridized carbons (Fsp3) is 0.571. The van der Waals surface area contributed by atoms with Crippen LogP contribution in [0.2, 0.25) is 0 Å². The molecule has 2 rings (SSSR count). The largest absolute Gasteiger partial charge is 0.382 e. The molecule has 0 saturated heterocycles. The molecule has 1 fully saturated rings. The second kappa shape index (κ2) is 6.19. The van der Waals surface area contributed by atoms with Crippen LogP contribution >= 0.6 is 0 Å². The number of hydrogen-bond acceptors (Lipinski definition) is 5. The zero-order valence-corrected chi connectivity index (χ0v) is 11.8. The maximum Gasteiger partial charge on any atom is 0.269 e. The average molecular weight is 280 g/mol. The molecule has 1 aromatic rings. The number of benzene rings is 1. The van der Waals surface area contributed by atoms with Crippen LogP contribution in [0.1, 0.15) is 24.8 Å². The standard InChI is InChI=1S/C14H20N2O4/c1-19-9-11-8-12(16(17)18)4-5-13(11)15-10-14(20-2)6-3-7-14/h4-5,8,15H,3,6-7,9-10H2,1-2H3. The third kappa shape index (κ3) is 3.08. The maximum absolute atomic E-state index is 10.8. The maximum atomic E-state index is 10.8. The van der Waals surface area contributed by atoms with Crippen LogP contribution in [0.5, 0.6) is 0 Å². The van der Waals surface area contributed by atoms with Gasteiger partial charge in [-0.05, 0) is 25.3 Å². The minimum Gasteiger partial charge on any atom is -0.382 e. The lowest BCUT2D eigenvalue weighted by molar-refractivity contribution is -0.384. The molecule has 0 amide bonds. The Labute approximate surface area is 118 Å². The highest BCUT2D eigenvalue weighted by atomic mass is 16.6. The van der Waals surface area contributed by atoms with Gasteiger partial charge in [-0.15, -0.1) is 0 Å². The van der Waals surface area contributed by atoms with Gasteiger partial charge in [0.15, 0.2) is 0 Å². The second-order valence-electron chi connectivity index (χ2n) is 5.13. The van der Waals surface area contributed by atoms with Crippen molar-refractivity contribution in [2.75, 3.05) is 26.1 Å². The molecule has 1 aromatic carbocycles. The van der Waals surface area contributed by atoms with Crippen LogP contribution in [-0.4, -0.2) is 31.3 Å². The van der Waals surface area contributed by atoms with Crippen LogP contribution in [0.25, 0.3) is 0 Å². The predicted octanol–water partition coefficient (Wildman–Crippen LogP) is 2.72. The van der Waals surface area contributed by atoms with E-state index in [0.29, 0.717) is 13.2 Å². The minimum absolute atomic E-state index is 0.0766. The quantitative estimate of drug-likeness (QED) is 0.614. The van der Waals surface area contributed by atoms with Crippen molar-refractivity contribution < 1.29 is 14.4 Å². The van der Waals surface area contributed by atoms with Crippen LogP contribution < -0.4 is 5.32 Å². The lowest BCUT2D eigenvalue weighted by Crippen LogP contribution is -2.45. The first-order valence-corrected chi connectivity index (χ1v) is 6.65. The highest BCUT2D eigenvalue weighted by molar-refractivity contribution is 5.56. The molecular formula is C14H20N2O4. The summed E-state index contributed by atoms with van der Waals surface area (Å²) in [4.78, 5) is 10.4. The number of ether oxygens (including phenoxy) is 2. The van der Waals surface area contributed by atoms with Crippen molar-refractivity contribution in [3.05, 3.63) is 33.9 Å². The highest BCUT2D eigenvalue weighted by Gasteiger charge is 2.36. The fourth-order valence-corrected chi connectivity index (χ4v) is 2.42. The molecule has 6 heteroatoms. The van der Waals surface area contributed by atoms with Gasteiger partial charge < -0.3 is 14.8 Å². The number of nitro benzene ring substituents is 1. The molecule has 0 heterocycles. The van der Waals surface area contributed by atoms with E-state index in [1.165, 1.54) is 12.5 Å². The Balaban J connectivity index is 2.11. The number of anilines is 1. The third-order valence-electron chi connectivity index (χ3n) is 3.90. The van der Waals surface area contributed by atoms with E-state index in [4.69, 9.17) is 9.47 Å². The van der Waals surface area contributed by atoms with Crippen molar-refractivity contribution >= 4 is 11.4 Å². The Morgan fingerprint density at radius 2 is 2.15 bits per heavy atom. The molecule has 1 N–H and O–H groups in total. The molecule has 6 nitrogen and oxygen atoms in total. The van der Waals surface area contributed by atoms with E-state index in [-0.39, 0.29) is 11.3 Å². The number of nitrogens with one attached hydrogen (secondary N) is 1. The molecule has 0 unspecified atom stereocenters. The van der Waals surface area contributed by atoms with E-state index in [1.807, 2.05) is 0 Å². The Bertz CT molecular complexity index is 481. The van der Waals surface area contributed by atoms with Gasteiger partial charge in [0.2, 0.25) is 0 Å². The summed E-state index contributed by atoms with van der Waals surface area (Å²) in [6.07, 6.45) is 3.27. The predicted molar refractivity (Wildman–Crippen MR) is 75.9 cm³/mol. The summed E-state index contributed by atoms with van der Waals surface area (Å²) in [6, 6.07) is 4.78. The van der Waals surface area contributed by atoms with Gasteiger partial charge in [-0.1, -0.05) is 0 Å². The summed E-state index contributed by atoms with van der Waals surface area (Å²) in [5, 5.41) is 14.1.